The minimum atomic E-state index is -0.454. The fourth-order valence-electron chi connectivity index (χ4n) is 0.629. The summed E-state index contributed by atoms with van der Waals surface area (Å²) >= 11 is 0. The Morgan fingerprint density at radius 3 is 2.83 bits per heavy atom. The van der Waals surface area contributed by atoms with Crippen LogP contribution >= 0.6 is 0 Å². The van der Waals surface area contributed by atoms with Crippen LogP contribution in [0.3, 0.4) is 0 Å². The summed E-state index contributed by atoms with van der Waals surface area (Å²) in [6.07, 6.45) is 1.11. The quantitative estimate of drug-likeness (QED) is 0.610. The zero-order valence-electron chi connectivity index (χ0n) is 7.67. The maximum absolute atomic E-state index is 10.8. The van der Waals surface area contributed by atoms with Crippen molar-refractivity contribution in [3.63, 3.8) is 0 Å². The SMILES string of the molecule is CCCCNC(=O)O[C@H](C)CO. The lowest BCUT2D eigenvalue weighted by Gasteiger charge is -2.10. The van der Waals surface area contributed by atoms with Crippen LogP contribution in [0.2, 0.25) is 0 Å². The maximum Gasteiger partial charge on any atom is 0.407 e. The number of hydrogen-bond donors (Lipinski definition) is 2. The molecule has 4 heteroatoms. The van der Waals surface area contributed by atoms with Gasteiger partial charge in [-0.15, -0.1) is 0 Å². The lowest BCUT2D eigenvalue weighted by molar-refractivity contribution is 0.0681. The van der Waals surface area contributed by atoms with E-state index in [4.69, 9.17) is 9.84 Å². The smallest absolute Gasteiger partial charge is 0.407 e. The molecule has 0 radical (unpaired) electrons. The molecular formula is C8H17NO3. The molecule has 0 spiro atoms. The molecule has 0 aromatic carbocycles. The number of amides is 1. The maximum atomic E-state index is 10.8. The van der Waals surface area contributed by atoms with Crippen LogP contribution in [0, 0.1) is 0 Å². The zero-order chi connectivity index (χ0) is 9.40. The van der Waals surface area contributed by atoms with Crippen molar-refractivity contribution >= 4 is 6.09 Å². The van der Waals surface area contributed by atoms with E-state index in [1.807, 2.05) is 6.92 Å². The first kappa shape index (κ1) is 11.2. The second kappa shape index (κ2) is 6.91. The molecule has 0 aromatic heterocycles. The summed E-state index contributed by atoms with van der Waals surface area (Å²) in [7, 11) is 0. The van der Waals surface area contributed by atoms with Crippen molar-refractivity contribution < 1.29 is 14.6 Å². The van der Waals surface area contributed by atoms with E-state index >= 15 is 0 Å². The van der Waals surface area contributed by atoms with E-state index in [9.17, 15) is 4.79 Å². The molecule has 72 valence electrons. The van der Waals surface area contributed by atoms with Gasteiger partial charge < -0.3 is 15.2 Å². The van der Waals surface area contributed by atoms with Gasteiger partial charge in [-0.3, -0.25) is 0 Å². The minimum Gasteiger partial charge on any atom is -0.444 e. The van der Waals surface area contributed by atoms with Crippen LogP contribution in [0.5, 0.6) is 0 Å². The first-order valence-corrected chi connectivity index (χ1v) is 4.26. The molecule has 0 saturated heterocycles. The van der Waals surface area contributed by atoms with E-state index < -0.39 is 12.2 Å². The van der Waals surface area contributed by atoms with Gasteiger partial charge in [-0.1, -0.05) is 13.3 Å². The topological polar surface area (TPSA) is 58.6 Å². The first-order chi connectivity index (χ1) is 5.70. The number of nitrogens with one attached hydrogen (secondary N) is 1. The van der Waals surface area contributed by atoms with Gasteiger partial charge in [0.2, 0.25) is 0 Å². The molecule has 2 N–H and O–H groups in total. The molecule has 0 aliphatic rings. The third-order valence-corrected chi connectivity index (χ3v) is 1.36. The Bertz CT molecular complexity index is 127. The fraction of sp³-hybridized carbons (Fsp3) is 0.875. The van der Waals surface area contributed by atoms with Crippen molar-refractivity contribution in [1.29, 1.82) is 0 Å². The Morgan fingerprint density at radius 1 is 1.67 bits per heavy atom. The summed E-state index contributed by atoms with van der Waals surface area (Å²) in [5.41, 5.74) is 0. The number of rotatable bonds is 5. The van der Waals surface area contributed by atoms with Crippen molar-refractivity contribution in [2.75, 3.05) is 13.2 Å². The average Bonchev–Trinajstić information content (AvgIpc) is 2.05. The number of hydrogen-bond acceptors (Lipinski definition) is 3. The molecule has 0 rings (SSSR count). The Morgan fingerprint density at radius 2 is 2.33 bits per heavy atom. The normalized spacial score (nSPS) is 12.2. The molecule has 12 heavy (non-hydrogen) atoms. The van der Waals surface area contributed by atoms with E-state index in [0.29, 0.717) is 6.54 Å². The van der Waals surface area contributed by atoms with E-state index in [1.165, 1.54) is 0 Å². The molecule has 0 heterocycles. The number of aliphatic hydroxyl groups is 1. The van der Waals surface area contributed by atoms with Crippen molar-refractivity contribution in [2.45, 2.75) is 32.8 Å². The zero-order valence-corrected chi connectivity index (χ0v) is 7.67. The molecule has 0 saturated carbocycles. The largest absolute Gasteiger partial charge is 0.444 e. The predicted octanol–water partition coefficient (Wildman–Crippen LogP) is 0.893. The molecule has 1 atom stereocenters. The number of unbranched alkanes of at least 4 members (excludes halogenated alkanes) is 1. The second-order valence-corrected chi connectivity index (χ2v) is 2.68. The van der Waals surface area contributed by atoms with Crippen molar-refractivity contribution in [3.05, 3.63) is 0 Å². The summed E-state index contributed by atoms with van der Waals surface area (Å²) in [6.45, 7) is 4.18. The van der Waals surface area contributed by atoms with Gasteiger partial charge in [-0.25, -0.2) is 4.79 Å². The van der Waals surface area contributed by atoms with Crippen molar-refractivity contribution in [2.24, 2.45) is 0 Å². The highest BCUT2D eigenvalue weighted by Gasteiger charge is 2.05. The van der Waals surface area contributed by atoms with Crippen molar-refractivity contribution in [3.8, 4) is 0 Å². The monoisotopic (exact) mass is 175 g/mol. The van der Waals surface area contributed by atoms with E-state index in [0.717, 1.165) is 12.8 Å². The fourth-order valence-corrected chi connectivity index (χ4v) is 0.629. The molecule has 0 aromatic rings. The molecule has 0 aliphatic carbocycles. The molecule has 0 aliphatic heterocycles. The predicted molar refractivity (Wildman–Crippen MR) is 45.9 cm³/mol. The van der Waals surface area contributed by atoms with Gasteiger partial charge in [0.25, 0.3) is 0 Å². The van der Waals surface area contributed by atoms with E-state index in [1.54, 1.807) is 6.92 Å². The van der Waals surface area contributed by atoms with Crippen molar-refractivity contribution in [1.82, 2.24) is 5.32 Å². The van der Waals surface area contributed by atoms with E-state index in [2.05, 4.69) is 5.32 Å². The number of carbonyl (C=O) groups excluding carboxylic acids is 1. The van der Waals surface area contributed by atoms with Crippen LogP contribution in [0.25, 0.3) is 0 Å². The number of carbonyl (C=O) groups is 1. The summed E-state index contributed by atoms with van der Waals surface area (Å²) in [5.74, 6) is 0. The van der Waals surface area contributed by atoms with Crippen LogP contribution < -0.4 is 5.32 Å². The van der Waals surface area contributed by atoms with Gasteiger partial charge >= 0.3 is 6.09 Å². The Hall–Kier alpha value is -0.770. The summed E-state index contributed by atoms with van der Waals surface area (Å²) in [6, 6.07) is 0. The Labute approximate surface area is 72.9 Å². The van der Waals surface area contributed by atoms with Gasteiger partial charge in [0.15, 0.2) is 0 Å². The van der Waals surface area contributed by atoms with Crippen LogP contribution in [0.4, 0.5) is 4.79 Å². The molecule has 1 amide bonds. The molecular weight excluding hydrogens is 158 g/mol. The van der Waals surface area contributed by atoms with Gasteiger partial charge in [-0.2, -0.15) is 0 Å². The summed E-state index contributed by atoms with van der Waals surface area (Å²) in [5, 5.41) is 11.1. The Balaban J connectivity index is 3.33. The highest BCUT2D eigenvalue weighted by Crippen LogP contribution is 1.90. The molecule has 4 nitrogen and oxygen atoms in total. The van der Waals surface area contributed by atoms with Gasteiger partial charge in [0.05, 0.1) is 6.61 Å². The first-order valence-electron chi connectivity index (χ1n) is 4.26. The number of alkyl carbamates (subject to hydrolysis) is 1. The Kier molecular flexibility index (Phi) is 6.47. The van der Waals surface area contributed by atoms with Crippen LogP contribution in [-0.4, -0.2) is 30.5 Å². The van der Waals surface area contributed by atoms with E-state index in [-0.39, 0.29) is 6.61 Å². The lowest BCUT2D eigenvalue weighted by Crippen LogP contribution is -2.29. The highest BCUT2D eigenvalue weighted by atomic mass is 16.6. The lowest BCUT2D eigenvalue weighted by atomic mass is 10.3. The summed E-state index contributed by atoms with van der Waals surface area (Å²) < 4.78 is 4.75. The highest BCUT2D eigenvalue weighted by molar-refractivity contribution is 5.67. The average molecular weight is 175 g/mol. The van der Waals surface area contributed by atoms with Gasteiger partial charge in [0, 0.05) is 6.54 Å². The molecule has 0 fully saturated rings. The van der Waals surface area contributed by atoms with Gasteiger partial charge in [-0.05, 0) is 13.3 Å². The number of ether oxygens (including phenoxy) is 1. The van der Waals surface area contributed by atoms with Crippen LogP contribution in [0.1, 0.15) is 26.7 Å². The van der Waals surface area contributed by atoms with Gasteiger partial charge in [0.1, 0.15) is 6.10 Å². The standard InChI is InChI=1S/C8H17NO3/c1-3-4-5-9-8(11)12-7(2)6-10/h7,10H,3-6H2,1-2H3,(H,9,11)/t7-/m1/s1. The third kappa shape index (κ3) is 5.97. The molecule has 0 unspecified atom stereocenters. The molecule has 0 bridgehead atoms. The minimum absolute atomic E-state index is 0.138. The third-order valence-electron chi connectivity index (χ3n) is 1.36. The van der Waals surface area contributed by atoms with Crippen LogP contribution in [-0.2, 0) is 4.74 Å². The summed E-state index contributed by atoms with van der Waals surface area (Å²) in [4.78, 5) is 10.8. The second-order valence-electron chi connectivity index (χ2n) is 2.68. The van der Waals surface area contributed by atoms with Crippen LogP contribution in [0.15, 0.2) is 0 Å². The number of aliphatic hydroxyl groups excluding tert-OH is 1.